The topological polar surface area (TPSA) is 98.2 Å². The van der Waals surface area contributed by atoms with Crippen molar-refractivity contribution in [3.8, 4) is 0 Å². The Kier molecular flexibility index (Phi) is 3.78. The van der Waals surface area contributed by atoms with Crippen molar-refractivity contribution in [3.05, 3.63) is 41.0 Å². The van der Waals surface area contributed by atoms with E-state index < -0.39 is 15.8 Å². The van der Waals surface area contributed by atoms with E-state index in [4.69, 9.17) is 10.3 Å². The van der Waals surface area contributed by atoms with E-state index in [2.05, 4.69) is 9.88 Å². The van der Waals surface area contributed by atoms with Crippen molar-refractivity contribution in [1.82, 2.24) is 9.88 Å². The van der Waals surface area contributed by atoms with Crippen LogP contribution in [0, 0.1) is 19.7 Å². The molecule has 20 heavy (non-hydrogen) atoms. The normalized spacial score (nSPS) is 11.8. The molecule has 0 amide bonds. The molecule has 0 bridgehead atoms. The van der Waals surface area contributed by atoms with Gasteiger partial charge in [-0.1, -0.05) is 5.16 Å². The van der Waals surface area contributed by atoms with E-state index >= 15 is 0 Å². The lowest BCUT2D eigenvalue weighted by Gasteiger charge is -2.07. The van der Waals surface area contributed by atoms with Crippen LogP contribution in [0.5, 0.6) is 0 Å². The van der Waals surface area contributed by atoms with Crippen LogP contribution in [0.4, 0.5) is 10.1 Å². The molecule has 0 aliphatic carbocycles. The first kappa shape index (κ1) is 14.5. The van der Waals surface area contributed by atoms with Crippen LogP contribution in [0.1, 0.15) is 17.0 Å². The van der Waals surface area contributed by atoms with E-state index in [1.165, 1.54) is 0 Å². The Hall–Kier alpha value is -1.93. The van der Waals surface area contributed by atoms with Gasteiger partial charge in [0.15, 0.2) is 0 Å². The molecule has 0 fully saturated rings. The number of halogens is 1. The van der Waals surface area contributed by atoms with Crippen LogP contribution in [0.2, 0.25) is 0 Å². The number of hydrogen-bond donors (Lipinski definition) is 2. The predicted molar refractivity (Wildman–Crippen MR) is 70.8 cm³/mol. The van der Waals surface area contributed by atoms with Crippen LogP contribution in [0.25, 0.3) is 0 Å². The second-order valence-corrected chi connectivity index (χ2v) is 6.08. The third-order valence-electron chi connectivity index (χ3n) is 2.90. The first-order valence-corrected chi connectivity index (χ1v) is 7.26. The van der Waals surface area contributed by atoms with E-state index in [0.29, 0.717) is 17.0 Å². The maximum Gasteiger partial charge on any atom is 0.240 e. The zero-order valence-corrected chi connectivity index (χ0v) is 11.8. The Balaban J connectivity index is 2.21. The van der Waals surface area contributed by atoms with Crippen LogP contribution in [-0.4, -0.2) is 13.6 Å². The number of sulfonamides is 1. The molecule has 6 nitrogen and oxygen atoms in total. The van der Waals surface area contributed by atoms with Gasteiger partial charge in [-0.3, -0.25) is 0 Å². The van der Waals surface area contributed by atoms with Gasteiger partial charge in [0.2, 0.25) is 10.0 Å². The highest BCUT2D eigenvalue weighted by Crippen LogP contribution is 2.18. The van der Waals surface area contributed by atoms with Crippen molar-refractivity contribution >= 4 is 15.7 Å². The van der Waals surface area contributed by atoms with Gasteiger partial charge in [-0.2, -0.15) is 0 Å². The molecule has 0 atom stereocenters. The molecule has 1 heterocycles. The van der Waals surface area contributed by atoms with Gasteiger partial charge < -0.3 is 10.3 Å². The van der Waals surface area contributed by atoms with Gasteiger partial charge in [0.1, 0.15) is 11.6 Å². The van der Waals surface area contributed by atoms with E-state index in [1.807, 2.05) is 0 Å². The maximum absolute atomic E-state index is 13.0. The van der Waals surface area contributed by atoms with E-state index in [9.17, 15) is 12.8 Å². The fourth-order valence-corrected chi connectivity index (χ4v) is 2.72. The minimum Gasteiger partial charge on any atom is -0.396 e. The summed E-state index contributed by atoms with van der Waals surface area (Å²) >= 11 is 0. The molecule has 0 saturated carbocycles. The molecule has 108 valence electrons. The number of nitrogens with one attached hydrogen (secondary N) is 1. The SMILES string of the molecule is Cc1noc(C)c1CNS(=O)(=O)c1ccc(F)c(N)c1. The molecular weight excluding hydrogens is 285 g/mol. The number of nitrogen functional groups attached to an aromatic ring is 1. The average Bonchev–Trinajstić information content (AvgIpc) is 2.70. The fraction of sp³-hybridized carbons (Fsp3) is 0.250. The Labute approximate surface area is 115 Å². The van der Waals surface area contributed by atoms with Gasteiger partial charge in [0.25, 0.3) is 0 Å². The standard InChI is InChI=1S/C12H14FN3O3S/c1-7-10(8(2)19-16-7)6-15-20(17,18)9-3-4-11(13)12(14)5-9/h3-5,15H,6,14H2,1-2H3. The highest BCUT2D eigenvalue weighted by Gasteiger charge is 2.17. The predicted octanol–water partition coefficient (Wildman–Crippen LogP) is 1.49. The van der Waals surface area contributed by atoms with Gasteiger partial charge in [-0.05, 0) is 32.0 Å². The number of aromatic nitrogens is 1. The van der Waals surface area contributed by atoms with Crippen molar-refractivity contribution in [3.63, 3.8) is 0 Å². The third-order valence-corrected chi connectivity index (χ3v) is 4.30. The Morgan fingerprint density at radius 3 is 2.65 bits per heavy atom. The lowest BCUT2D eigenvalue weighted by atomic mass is 10.2. The second-order valence-electron chi connectivity index (χ2n) is 4.31. The maximum atomic E-state index is 13.0. The number of aryl methyl sites for hydroxylation is 2. The lowest BCUT2D eigenvalue weighted by molar-refractivity contribution is 0.392. The Morgan fingerprint density at radius 2 is 2.10 bits per heavy atom. The first-order valence-electron chi connectivity index (χ1n) is 5.77. The van der Waals surface area contributed by atoms with Crippen LogP contribution in [0.15, 0.2) is 27.6 Å². The molecule has 3 N–H and O–H groups in total. The van der Waals surface area contributed by atoms with Crippen molar-refractivity contribution in [2.75, 3.05) is 5.73 Å². The van der Waals surface area contributed by atoms with Crippen LogP contribution < -0.4 is 10.5 Å². The summed E-state index contributed by atoms with van der Waals surface area (Å²) in [5.41, 5.74) is 6.43. The van der Waals surface area contributed by atoms with E-state index in [1.54, 1.807) is 13.8 Å². The molecular formula is C12H14FN3O3S. The molecule has 1 aromatic carbocycles. The third kappa shape index (κ3) is 2.81. The van der Waals surface area contributed by atoms with Gasteiger partial charge >= 0.3 is 0 Å². The van der Waals surface area contributed by atoms with Crippen LogP contribution >= 0.6 is 0 Å². The minimum atomic E-state index is -3.78. The summed E-state index contributed by atoms with van der Waals surface area (Å²) < 4.78 is 44.5. The fourth-order valence-electron chi connectivity index (χ4n) is 1.69. The van der Waals surface area contributed by atoms with Gasteiger partial charge in [0.05, 0.1) is 16.3 Å². The monoisotopic (exact) mass is 299 g/mol. The number of nitrogens with two attached hydrogens (primary N) is 1. The average molecular weight is 299 g/mol. The molecule has 0 radical (unpaired) electrons. The molecule has 0 aliphatic heterocycles. The molecule has 0 saturated heterocycles. The summed E-state index contributed by atoms with van der Waals surface area (Å²) in [6, 6.07) is 3.24. The van der Waals surface area contributed by atoms with Crippen LogP contribution in [0.3, 0.4) is 0 Å². The van der Waals surface area contributed by atoms with Crippen molar-refractivity contribution in [2.45, 2.75) is 25.3 Å². The summed E-state index contributed by atoms with van der Waals surface area (Å²) in [5, 5.41) is 3.74. The number of rotatable bonds is 4. The zero-order chi connectivity index (χ0) is 14.9. The van der Waals surface area contributed by atoms with Gasteiger partial charge in [-0.25, -0.2) is 17.5 Å². The van der Waals surface area contributed by atoms with Crippen LogP contribution in [-0.2, 0) is 16.6 Å². The number of nitrogens with zero attached hydrogens (tertiary/aromatic N) is 1. The van der Waals surface area contributed by atoms with Crippen molar-refractivity contribution in [2.24, 2.45) is 0 Å². The van der Waals surface area contributed by atoms with Gasteiger partial charge in [-0.15, -0.1) is 0 Å². The number of hydrogen-bond acceptors (Lipinski definition) is 5. The Bertz CT molecular complexity index is 721. The quantitative estimate of drug-likeness (QED) is 0.833. The largest absolute Gasteiger partial charge is 0.396 e. The van der Waals surface area contributed by atoms with E-state index in [-0.39, 0.29) is 17.1 Å². The molecule has 0 aliphatic rings. The smallest absolute Gasteiger partial charge is 0.240 e. The first-order chi connectivity index (χ1) is 9.31. The van der Waals surface area contributed by atoms with E-state index in [0.717, 1.165) is 18.2 Å². The summed E-state index contributed by atoms with van der Waals surface area (Å²) in [7, 11) is -3.78. The number of benzene rings is 1. The van der Waals surface area contributed by atoms with Gasteiger partial charge in [0, 0.05) is 12.1 Å². The lowest BCUT2D eigenvalue weighted by Crippen LogP contribution is -2.24. The molecule has 8 heteroatoms. The van der Waals surface area contributed by atoms with Crippen molar-refractivity contribution < 1.29 is 17.3 Å². The summed E-state index contributed by atoms with van der Waals surface area (Å²) in [4.78, 5) is -0.0943. The summed E-state index contributed by atoms with van der Waals surface area (Å²) in [5.74, 6) is -0.113. The minimum absolute atomic E-state index is 0.0424. The second kappa shape index (κ2) is 5.22. The molecule has 0 unspecified atom stereocenters. The number of anilines is 1. The highest BCUT2D eigenvalue weighted by molar-refractivity contribution is 7.89. The molecule has 2 rings (SSSR count). The Morgan fingerprint density at radius 1 is 1.40 bits per heavy atom. The molecule has 1 aromatic heterocycles. The summed E-state index contributed by atoms with van der Waals surface area (Å²) in [6.07, 6.45) is 0. The summed E-state index contributed by atoms with van der Waals surface area (Å²) in [6.45, 7) is 3.45. The highest BCUT2D eigenvalue weighted by atomic mass is 32.2. The molecule has 2 aromatic rings. The molecule has 0 spiro atoms. The zero-order valence-electron chi connectivity index (χ0n) is 11.0. The van der Waals surface area contributed by atoms with Crippen molar-refractivity contribution in [1.29, 1.82) is 0 Å².